The van der Waals surface area contributed by atoms with Gasteiger partial charge in [0, 0.05) is 48.7 Å². The second-order valence-electron chi connectivity index (χ2n) is 8.45. The van der Waals surface area contributed by atoms with Crippen molar-refractivity contribution in [3.8, 4) is 11.8 Å². The molecule has 4 aromatic rings. The summed E-state index contributed by atoms with van der Waals surface area (Å²) < 4.78 is 2.88. The van der Waals surface area contributed by atoms with E-state index in [1.54, 1.807) is 4.68 Å². The summed E-state index contributed by atoms with van der Waals surface area (Å²) in [4.78, 5) is 17.3. The van der Waals surface area contributed by atoms with Crippen LogP contribution >= 0.6 is 22.6 Å². The molecule has 172 valence electrons. The van der Waals surface area contributed by atoms with E-state index in [1.165, 1.54) is 9.13 Å². The maximum Gasteiger partial charge on any atom is 0.236 e. The van der Waals surface area contributed by atoms with Crippen molar-refractivity contribution >= 4 is 50.8 Å². The van der Waals surface area contributed by atoms with E-state index < -0.39 is 0 Å². The number of hydrogen-bond donors (Lipinski definition) is 0. The molecule has 6 nitrogen and oxygen atoms in total. The molecule has 0 spiro atoms. The molecule has 1 heterocycles. The van der Waals surface area contributed by atoms with E-state index in [9.17, 15) is 4.79 Å². The predicted molar refractivity (Wildman–Crippen MR) is 147 cm³/mol. The standard InChI is InChI=1S/C27H26IN5O/c1-31(2)21-13-11-19(16-20-12-14-22(32(3)4)18-24(20)28)23(17-21)27(34)10-7-15-33-26-9-6-5-8-25(26)29-30-33/h5-6,8-9,11-14,17-18H,15-16H2,1-4H3. The normalized spacial score (nSPS) is 10.6. The molecule has 0 amide bonds. The number of Topliss-reactive ketones (excluding diaryl/α,β-unsaturated/α-hetero) is 1. The fourth-order valence-electron chi connectivity index (χ4n) is 3.67. The Labute approximate surface area is 213 Å². The molecule has 34 heavy (non-hydrogen) atoms. The molecule has 0 unspecified atom stereocenters. The summed E-state index contributed by atoms with van der Waals surface area (Å²) in [7, 11) is 7.99. The van der Waals surface area contributed by atoms with Crippen molar-refractivity contribution in [1.29, 1.82) is 0 Å². The van der Waals surface area contributed by atoms with Gasteiger partial charge in [0.1, 0.15) is 12.1 Å². The van der Waals surface area contributed by atoms with Crippen LogP contribution in [0.4, 0.5) is 11.4 Å². The van der Waals surface area contributed by atoms with E-state index in [4.69, 9.17) is 0 Å². The van der Waals surface area contributed by atoms with Gasteiger partial charge in [0.25, 0.3) is 0 Å². The van der Waals surface area contributed by atoms with Gasteiger partial charge in [0.2, 0.25) is 5.78 Å². The molecular weight excluding hydrogens is 537 g/mol. The molecular formula is C27H26IN5O. The molecule has 3 aromatic carbocycles. The van der Waals surface area contributed by atoms with Crippen molar-refractivity contribution in [2.24, 2.45) is 0 Å². The smallest absolute Gasteiger partial charge is 0.236 e. The minimum absolute atomic E-state index is 0.192. The van der Waals surface area contributed by atoms with Crippen LogP contribution in [-0.4, -0.2) is 49.0 Å². The Morgan fingerprint density at radius 1 is 0.941 bits per heavy atom. The van der Waals surface area contributed by atoms with Gasteiger partial charge in [-0.25, -0.2) is 4.68 Å². The number of aromatic nitrogens is 3. The Kier molecular flexibility index (Phi) is 7.17. The molecule has 0 fully saturated rings. The van der Waals surface area contributed by atoms with E-state index in [0.717, 1.165) is 28.0 Å². The van der Waals surface area contributed by atoms with E-state index in [1.807, 2.05) is 75.6 Å². The zero-order valence-electron chi connectivity index (χ0n) is 19.7. The third-order valence-corrected chi connectivity index (χ3v) is 6.64. The van der Waals surface area contributed by atoms with Crippen LogP contribution in [0.2, 0.25) is 0 Å². The maximum absolute atomic E-state index is 13.2. The molecule has 0 aliphatic carbocycles. The first kappa shape index (κ1) is 23.8. The number of nitrogens with zero attached hydrogens (tertiary/aromatic N) is 5. The lowest BCUT2D eigenvalue weighted by molar-refractivity contribution is 0.105. The average Bonchev–Trinajstić information content (AvgIpc) is 3.23. The molecule has 1 aromatic heterocycles. The zero-order chi connectivity index (χ0) is 24.2. The van der Waals surface area contributed by atoms with Gasteiger partial charge in [0.05, 0.1) is 5.52 Å². The number of benzene rings is 3. The minimum Gasteiger partial charge on any atom is -0.378 e. The second kappa shape index (κ2) is 10.3. The van der Waals surface area contributed by atoms with Gasteiger partial charge >= 0.3 is 0 Å². The summed E-state index contributed by atoms with van der Waals surface area (Å²) in [5.74, 6) is 5.63. The molecule has 7 heteroatoms. The third-order valence-electron chi connectivity index (χ3n) is 5.64. The van der Waals surface area contributed by atoms with Crippen LogP contribution in [-0.2, 0) is 13.0 Å². The molecule has 0 bridgehead atoms. The number of halogens is 1. The first-order chi connectivity index (χ1) is 16.3. The largest absolute Gasteiger partial charge is 0.378 e. The van der Waals surface area contributed by atoms with Gasteiger partial charge in [-0.1, -0.05) is 35.4 Å². The highest BCUT2D eigenvalue weighted by Gasteiger charge is 2.14. The highest BCUT2D eigenvalue weighted by molar-refractivity contribution is 14.1. The zero-order valence-corrected chi connectivity index (χ0v) is 21.9. The summed E-state index contributed by atoms with van der Waals surface area (Å²) in [6, 6.07) is 20.1. The van der Waals surface area contributed by atoms with Crippen molar-refractivity contribution < 1.29 is 4.79 Å². The van der Waals surface area contributed by atoms with Gasteiger partial charge in [-0.3, -0.25) is 4.79 Å². The molecule has 0 radical (unpaired) electrons. The monoisotopic (exact) mass is 563 g/mol. The van der Waals surface area contributed by atoms with Gasteiger partial charge in [-0.15, -0.1) is 5.10 Å². The number of fused-ring (bicyclic) bond motifs is 1. The summed E-state index contributed by atoms with van der Waals surface area (Å²) in [6.07, 6.45) is 0.663. The Morgan fingerprint density at radius 2 is 1.62 bits per heavy atom. The van der Waals surface area contributed by atoms with Crippen LogP contribution in [0.1, 0.15) is 21.5 Å². The van der Waals surface area contributed by atoms with Gasteiger partial charge in [-0.05, 0) is 82.5 Å². The van der Waals surface area contributed by atoms with Crippen LogP contribution in [0.15, 0.2) is 60.7 Å². The van der Waals surface area contributed by atoms with Crippen LogP contribution < -0.4 is 9.80 Å². The topological polar surface area (TPSA) is 54.3 Å². The third kappa shape index (κ3) is 5.23. The molecule has 4 rings (SSSR count). The van der Waals surface area contributed by atoms with Crippen molar-refractivity contribution in [3.05, 3.63) is 80.9 Å². The Balaban J connectivity index is 1.62. The molecule has 0 saturated carbocycles. The molecule has 0 atom stereocenters. The van der Waals surface area contributed by atoms with Crippen LogP contribution in [0, 0.1) is 15.4 Å². The van der Waals surface area contributed by atoms with Crippen LogP contribution in [0.5, 0.6) is 0 Å². The summed E-state index contributed by atoms with van der Waals surface area (Å²) in [5, 5.41) is 8.29. The fraction of sp³-hybridized carbons (Fsp3) is 0.222. The van der Waals surface area contributed by atoms with Crippen molar-refractivity contribution in [2.45, 2.75) is 13.0 Å². The molecule has 0 aliphatic heterocycles. The Morgan fingerprint density at radius 3 is 2.32 bits per heavy atom. The van der Waals surface area contributed by atoms with E-state index in [2.05, 4.69) is 67.8 Å². The lowest BCUT2D eigenvalue weighted by Gasteiger charge is -2.17. The highest BCUT2D eigenvalue weighted by atomic mass is 127. The summed E-state index contributed by atoms with van der Waals surface area (Å²) >= 11 is 2.36. The second-order valence-corrected chi connectivity index (χ2v) is 9.61. The SMILES string of the molecule is CN(C)c1ccc(Cc2ccc(N(C)C)cc2C(=O)C#CCn2nnc3ccccc32)c(I)c1. The number of para-hydroxylation sites is 1. The average molecular weight is 563 g/mol. The summed E-state index contributed by atoms with van der Waals surface area (Å²) in [5.41, 5.74) is 6.61. The quantitative estimate of drug-likeness (QED) is 0.148. The highest BCUT2D eigenvalue weighted by Crippen LogP contribution is 2.26. The molecule has 0 N–H and O–H groups in total. The van der Waals surface area contributed by atoms with Crippen molar-refractivity contribution in [3.63, 3.8) is 0 Å². The van der Waals surface area contributed by atoms with Crippen LogP contribution in [0.25, 0.3) is 11.0 Å². The van der Waals surface area contributed by atoms with E-state index >= 15 is 0 Å². The van der Waals surface area contributed by atoms with Crippen molar-refractivity contribution in [2.75, 3.05) is 38.0 Å². The number of hydrogen-bond acceptors (Lipinski definition) is 5. The Hall–Kier alpha value is -3.38. The maximum atomic E-state index is 13.2. The predicted octanol–water partition coefficient (Wildman–Crippen LogP) is 4.65. The van der Waals surface area contributed by atoms with Gasteiger partial charge < -0.3 is 9.80 Å². The van der Waals surface area contributed by atoms with Crippen molar-refractivity contribution in [1.82, 2.24) is 15.0 Å². The Bertz CT molecular complexity index is 1410. The van der Waals surface area contributed by atoms with E-state index in [0.29, 0.717) is 18.5 Å². The van der Waals surface area contributed by atoms with Crippen LogP contribution in [0.3, 0.4) is 0 Å². The lowest BCUT2D eigenvalue weighted by Crippen LogP contribution is -2.12. The first-order valence-corrected chi connectivity index (χ1v) is 12.0. The first-order valence-electron chi connectivity index (χ1n) is 10.9. The number of rotatable bonds is 6. The van der Waals surface area contributed by atoms with Gasteiger partial charge in [-0.2, -0.15) is 0 Å². The molecule has 0 saturated heterocycles. The lowest BCUT2D eigenvalue weighted by atomic mass is 9.96. The van der Waals surface area contributed by atoms with E-state index in [-0.39, 0.29) is 5.78 Å². The molecule has 0 aliphatic rings. The van der Waals surface area contributed by atoms with Gasteiger partial charge in [0.15, 0.2) is 0 Å². The summed E-state index contributed by atoms with van der Waals surface area (Å²) in [6.45, 7) is 0.304. The number of ketones is 1. The number of anilines is 2. The number of carbonyl (C=O) groups is 1. The number of carbonyl (C=O) groups excluding carboxylic acids is 1. The minimum atomic E-state index is -0.192. The fourth-order valence-corrected chi connectivity index (χ4v) is 4.36.